The van der Waals surface area contributed by atoms with Gasteiger partial charge in [-0.15, -0.1) is 0 Å². The summed E-state index contributed by atoms with van der Waals surface area (Å²) < 4.78 is 13.8. The molecule has 0 aliphatic carbocycles. The number of hydrogen-bond donors (Lipinski definition) is 2. The summed E-state index contributed by atoms with van der Waals surface area (Å²) in [4.78, 5) is 0. The molecule has 2 aromatic carbocycles. The molecule has 2 aromatic rings. The first-order valence-electron chi connectivity index (χ1n) is 7.03. The molecule has 0 amide bonds. The van der Waals surface area contributed by atoms with E-state index >= 15 is 0 Å². The van der Waals surface area contributed by atoms with Crippen LogP contribution in [-0.2, 0) is 0 Å². The normalized spacial score (nSPS) is 10.5. The second-order valence-corrected chi connectivity index (χ2v) is 14.3. The van der Waals surface area contributed by atoms with Crippen LogP contribution >= 0.6 is 0 Å². The van der Waals surface area contributed by atoms with E-state index in [9.17, 15) is 0 Å². The van der Waals surface area contributed by atoms with Crippen LogP contribution in [0.15, 0.2) is 36.4 Å². The summed E-state index contributed by atoms with van der Waals surface area (Å²) in [5.41, 5.74) is 13.7. The summed E-state index contributed by atoms with van der Waals surface area (Å²) in [7, 11) is 0. The third-order valence-corrected chi connectivity index (χ3v) is 14.6. The summed E-state index contributed by atoms with van der Waals surface area (Å²) in [5.74, 6) is 1.61. The van der Waals surface area contributed by atoms with Gasteiger partial charge in [-0.25, -0.2) is 0 Å². The minimum absolute atomic E-state index is 0.269. The number of ether oxygens (including phenoxy) is 2. The van der Waals surface area contributed by atoms with E-state index in [1.165, 1.54) is 7.22 Å². The molecule has 0 aliphatic heterocycles. The Balaban J connectivity index is 2.10. The fourth-order valence-electron chi connectivity index (χ4n) is 1.82. The Morgan fingerprint density at radius 2 is 1.64 bits per heavy atom. The average molecular weight is 528 g/mol. The third-order valence-electron chi connectivity index (χ3n) is 2.84. The van der Waals surface area contributed by atoms with E-state index in [-0.39, 0.29) is 34.1 Å². The number of nitrogen functional groups attached to an aromatic ring is 2. The number of para-hydroxylation sites is 1. The van der Waals surface area contributed by atoms with Crippen LogP contribution in [0.25, 0.3) is 0 Å². The summed E-state index contributed by atoms with van der Waals surface area (Å²) in [6.45, 7) is 5.21. The van der Waals surface area contributed by atoms with E-state index in [0.717, 1.165) is 17.2 Å². The van der Waals surface area contributed by atoms with Gasteiger partial charge in [0.05, 0.1) is 0 Å². The van der Waals surface area contributed by atoms with Gasteiger partial charge < -0.3 is 0 Å². The molecular formula is C16H20N2O2Te2. The van der Waals surface area contributed by atoms with Crippen molar-refractivity contribution in [2.24, 2.45) is 0 Å². The zero-order valence-corrected chi connectivity index (χ0v) is 17.3. The van der Waals surface area contributed by atoms with Crippen LogP contribution in [0.3, 0.4) is 0 Å². The number of nitrogens with two attached hydrogens (primary N) is 2. The fraction of sp³-hybridized carbons (Fsp3) is 0.250. The Morgan fingerprint density at radius 3 is 2.36 bits per heavy atom. The second kappa shape index (κ2) is 8.75. The standard InChI is InChI=1S/C16H20N2O2Te2/c1-3-19-13-6-5-7-15(16(13)18)22-21-11-8-9-12(17)14(10-11)20-4-2/h5-10H,3-4,17-18H2,1-2H3. The number of anilines is 2. The quantitative estimate of drug-likeness (QED) is 0.415. The molecule has 0 spiro atoms. The van der Waals surface area contributed by atoms with E-state index in [1.54, 1.807) is 0 Å². The van der Waals surface area contributed by atoms with Crippen LogP contribution in [0.2, 0.25) is 0 Å². The van der Waals surface area contributed by atoms with Crippen LogP contribution in [0, 0.1) is 0 Å². The first kappa shape index (κ1) is 17.6. The summed E-state index contributed by atoms with van der Waals surface area (Å²) >= 11 is -0.572. The average Bonchev–Trinajstić information content (AvgIpc) is 2.51. The zero-order chi connectivity index (χ0) is 15.9. The molecule has 0 heterocycles. The van der Waals surface area contributed by atoms with Gasteiger partial charge in [-0.2, -0.15) is 0 Å². The van der Waals surface area contributed by atoms with Gasteiger partial charge in [-0.1, -0.05) is 0 Å². The van der Waals surface area contributed by atoms with E-state index in [1.807, 2.05) is 32.0 Å². The zero-order valence-electron chi connectivity index (χ0n) is 12.7. The van der Waals surface area contributed by atoms with Crippen molar-refractivity contribution in [3.63, 3.8) is 0 Å². The second-order valence-electron chi connectivity index (χ2n) is 4.40. The Morgan fingerprint density at radius 1 is 0.909 bits per heavy atom. The van der Waals surface area contributed by atoms with Crippen molar-refractivity contribution >= 4 is 52.7 Å². The molecule has 0 bridgehead atoms. The molecule has 6 heteroatoms. The van der Waals surface area contributed by atoms with Gasteiger partial charge in [0.2, 0.25) is 0 Å². The molecule has 0 radical (unpaired) electrons. The summed E-state index contributed by atoms with van der Waals surface area (Å²) in [6.07, 6.45) is 0. The first-order chi connectivity index (χ1) is 10.7. The van der Waals surface area contributed by atoms with Gasteiger partial charge in [-0.3, -0.25) is 0 Å². The first-order valence-corrected chi connectivity index (χ1v) is 16.7. The van der Waals surface area contributed by atoms with Gasteiger partial charge >= 0.3 is 149 Å². The number of hydrogen-bond acceptors (Lipinski definition) is 4. The molecule has 2 rings (SSSR count). The summed E-state index contributed by atoms with van der Waals surface area (Å²) in [6, 6.07) is 12.3. The van der Waals surface area contributed by atoms with Crippen molar-refractivity contribution in [2.45, 2.75) is 13.8 Å². The predicted octanol–water partition coefficient (Wildman–Crippen LogP) is 0.923. The van der Waals surface area contributed by atoms with E-state index in [0.29, 0.717) is 18.9 Å². The van der Waals surface area contributed by atoms with Crippen molar-refractivity contribution in [3.8, 4) is 11.5 Å². The Kier molecular flexibility index (Phi) is 6.99. The monoisotopic (exact) mass is 532 g/mol. The van der Waals surface area contributed by atoms with Gasteiger partial charge in [0.1, 0.15) is 0 Å². The Bertz CT molecular complexity index is 636. The van der Waals surface area contributed by atoms with Crippen LogP contribution in [0.4, 0.5) is 11.4 Å². The van der Waals surface area contributed by atoms with Gasteiger partial charge in [-0.05, 0) is 0 Å². The van der Waals surface area contributed by atoms with Crippen molar-refractivity contribution in [1.82, 2.24) is 0 Å². The molecule has 118 valence electrons. The SMILES string of the molecule is CCOc1cc([Te][Te]c2cccc(OCC)c2N)ccc1N. The molecule has 22 heavy (non-hydrogen) atoms. The molecule has 4 nitrogen and oxygen atoms in total. The minimum atomic E-state index is -0.303. The van der Waals surface area contributed by atoms with Crippen LogP contribution in [0.1, 0.15) is 13.8 Å². The molecule has 4 N–H and O–H groups in total. The molecule has 0 fully saturated rings. The predicted molar refractivity (Wildman–Crippen MR) is 94.8 cm³/mol. The topological polar surface area (TPSA) is 70.5 Å². The van der Waals surface area contributed by atoms with Crippen molar-refractivity contribution < 1.29 is 9.47 Å². The Hall–Kier alpha value is -0.781. The van der Waals surface area contributed by atoms with E-state index in [4.69, 9.17) is 20.9 Å². The van der Waals surface area contributed by atoms with Gasteiger partial charge in [0.15, 0.2) is 0 Å². The molecular weight excluding hydrogens is 507 g/mol. The summed E-state index contributed by atoms with van der Waals surface area (Å²) in [5, 5.41) is 0. The maximum absolute atomic E-state index is 6.22. The van der Waals surface area contributed by atoms with Gasteiger partial charge in [0, 0.05) is 0 Å². The van der Waals surface area contributed by atoms with E-state index in [2.05, 4.69) is 18.2 Å². The van der Waals surface area contributed by atoms with Crippen molar-refractivity contribution in [3.05, 3.63) is 36.4 Å². The van der Waals surface area contributed by atoms with Gasteiger partial charge in [0.25, 0.3) is 0 Å². The Labute approximate surface area is 147 Å². The van der Waals surface area contributed by atoms with E-state index < -0.39 is 0 Å². The molecule has 0 atom stereocenters. The van der Waals surface area contributed by atoms with Crippen molar-refractivity contribution in [1.29, 1.82) is 0 Å². The fourth-order valence-corrected chi connectivity index (χ4v) is 12.4. The van der Waals surface area contributed by atoms with Crippen molar-refractivity contribution in [2.75, 3.05) is 24.7 Å². The molecule has 0 saturated heterocycles. The van der Waals surface area contributed by atoms with Crippen LogP contribution in [0.5, 0.6) is 11.5 Å². The molecule has 0 aromatic heterocycles. The number of benzene rings is 2. The molecule has 0 aliphatic rings. The molecule has 0 unspecified atom stereocenters. The number of rotatable bonds is 7. The molecule has 0 saturated carbocycles. The third kappa shape index (κ3) is 4.61. The van der Waals surface area contributed by atoms with Crippen LogP contribution < -0.4 is 28.2 Å². The van der Waals surface area contributed by atoms with Crippen LogP contribution in [-0.4, -0.2) is 47.3 Å². The maximum atomic E-state index is 6.22.